The second kappa shape index (κ2) is 50.4. The minimum atomic E-state index is -0.761. The molecule has 0 saturated carbocycles. The smallest absolute Gasteiger partial charge is 0.306 e. The number of hydrogen-bond acceptors (Lipinski definition) is 6. The highest BCUT2D eigenvalue weighted by atomic mass is 16.6. The third-order valence-electron chi connectivity index (χ3n) is 12.8. The molecule has 0 fully saturated rings. The first kappa shape index (κ1) is 60.4. The first-order valence-corrected chi connectivity index (χ1v) is 27.9. The number of carbonyl (C=O) groups is 3. The lowest BCUT2D eigenvalue weighted by molar-refractivity contribution is -0.167. The van der Waals surface area contributed by atoms with Crippen LogP contribution in [0.3, 0.4) is 0 Å². The average Bonchev–Trinajstić information content (AvgIpc) is 3.26. The zero-order valence-electron chi connectivity index (χ0n) is 42.3. The van der Waals surface area contributed by atoms with Crippen molar-refractivity contribution in [1.82, 2.24) is 0 Å². The van der Waals surface area contributed by atoms with Crippen molar-refractivity contribution >= 4 is 17.9 Å². The van der Waals surface area contributed by atoms with E-state index in [0.717, 1.165) is 63.7 Å². The fraction of sp³-hybridized carbons (Fsp3) is 0.946. The van der Waals surface area contributed by atoms with Crippen LogP contribution in [0.1, 0.15) is 317 Å². The quantitative estimate of drug-likeness (QED) is 0.0344. The monoisotopic (exact) mass is 877 g/mol. The van der Waals surface area contributed by atoms with Crippen molar-refractivity contribution in [2.24, 2.45) is 5.92 Å². The molecule has 0 aromatic carbocycles. The summed E-state index contributed by atoms with van der Waals surface area (Å²) in [7, 11) is 0. The average molecular weight is 877 g/mol. The first-order chi connectivity index (χ1) is 30.4. The summed E-state index contributed by atoms with van der Waals surface area (Å²) in [6, 6.07) is 0. The maximum Gasteiger partial charge on any atom is 0.306 e. The van der Waals surface area contributed by atoms with Crippen molar-refractivity contribution in [1.29, 1.82) is 0 Å². The molecule has 0 N–H and O–H groups in total. The summed E-state index contributed by atoms with van der Waals surface area (Å²) >= 11 is 0. The lowest BCUT2D eigenvalue weighted by atomic mass is 10.0. The summed E-state index contributed by atoms with van der Waals surface area (Å²) in [6.45, 7) is 9.05. The van der Waals surface area contributed by atoms with Crippen LogP contribution >= 0.6 is 0 Å². The summed E-state index contributed by atoms with van der Waals surface area (Å²) in [5, 5.41) is 0. The van der Waals surface area contributed by atoms with Crippen LogP contribution in [-0.2, 0) is 28.6 Å². The lowest BCUT2D eigenvalue weighted by Gasteiger charge is -2.18. The van der Waals surface area contributed by atoms with E-state index >= 15 is 0 Å². The maximum absolute atomic E-state index is 12.8. The molecule has 6 heteroatoms. The Morgan fingerprint density at radius 3 is 0.790 bits per heavy atom. The van der Waals surface area contributed by atoms with E-state index in [1.807, 2.05) is 0 Å². The van der Waals surface area contributed by atoms with Gasteiger partial charge in [0.15, 0.2) is 6.10 Å². The summed E-state index contributed by atoms with van der Waals surface area (Å²) in [4.78, 5) is 38.1. The van der Waals surface area contributed by atoms with Gasteiger partial charge in [-0.1, -0.05) is 278 Å². The standard InChI is InChI=1S/C56H108O6/c1-5-7-9-11-13-15-17-19-20-24-28-32-36-40-44-48-55(58)61-51-53(50-60-54(57)47-43-39-35-31-27-22-18-16-14-12-10-8-6-2)62-56(59)49-45-41-37-33-29-25-21-23-26-30-34-38-42-46-52(3)4/h52-53H,5-51H2,1-4H3/t53-/m0/s1. The molecule has 0 rings (SSSR count). The van der Waals surface area contributed by atoms with E-state index in [9.17, 15) is 14.4 Å². The van der Waals surface area contributed by atoms with Gasteiger partial charge in [0.1, 0.15) is 13.2 Å². The number of ether oxygens (including phenoxy) is 3. The van der Waals surface area contributed by atoms with Gasteiger partial charge < -0.3 is 14.2 Å². The molecule has 6 nitrogen and oxygen atoms in total. The Hall–Kier alpha value is -1.59. The van der Waals surface area contributed by atoms with Crippen LogP contribution in [0.25, 0.3) is 0 Å². The predicted molar refractivity (Wildman–Crippen MR) is 266 cm³/mol. The third-order valence-corrected chi connectivity index (χ3v) is 12.8. The highest BCUT2D eigenvalue weighted by molar-refractivity contribution is 5.71. The number of esters is 3. The molecule has 0 aromatic heterocycles. The molecule has 0 aliphatic rings. The molecule has 0 spiro atoms. The highest BCUT2D eigenvalue weighted by Crippen LogP contribution is 2.18. The van der Waals surface area contributed by atoms with Crippen LogP contribution in [-0.4, -0.2) is 37.2 Å². The SMILES string of the molecule is CCCCCCCCCCCCCCCCCC(=O)OC[C@H](COC(=O)CCCCCCCCCCCCCCC)OC(=O)CCCCCCCCCCCCCCCC(C)C. The molecule has 0 unspecified atom stereocenters. The lowest BCUT2D eigenvalue weighted by Crippen LogP contribution is -2.30. The molecular formula is C56H108O6. The topological polar surface area (TPSA) is 78.9 Å². The molecule has 1 atom stereocenters. The van der Waals surface area contributed by atoms with E-state index in [-0.39, 0.29) is 31.1 Å². The molecule has 62 heavy (non-hydrogen) atoms. The summed E-state index contributed by atoms with van der Waals surface area (Å²) in [5.41, 5.74) is 0. The minimum Gasteiger partial charge on any atom is -0.462 e. The van der Waals surface area contributed by atoms with Crippen molar-refractivity contribution in [2.75, 3.05) is 13.2 Å². The van der Waals surface area contributed by atoms with Gasteiger partial charge in [-0.3, -0.25) is 14.4 Å². The molecule has 0 aliphatic carbocycles. The van der Waals surface area contributed by atoms with Gasteiger partial charge in [-0.2, -0.15) is 0 Å². The van der Waals surface area contributed by atoms with Gasteiger partial charge in [-0.05, 0) is 25.2 Å². The first-order valence-electron chi connectivity index (χ1n) is 27.9. The molecule has 0 radical (unpaired) electrons. The van der Waals surface area contributed by atoms with Crippen molar-refractivity contribution in [2.45, 2.75) is 323 Å². The molecule has 0 saturated heterocycles. The molecule has 0 amide bonds. The Morgan fingerprint density at radius 1 is 0.306 bits per heavy atom. The Bertz CT molecular complexity index is 933. The van der Waals surface area contributed by atoms with Crippen molar-refractivity contribution < 1.29 is 28.6 Å². The van der Waals surface area contributed by atoms with Crippen LogP contribution in [0.5, 0.6) is 0 Å². The fourth-order valence-corrected chi connectivity index (χ4v) is 8.57. The molecule has 0 bridgehead atoms. The Morgan fingerprint density at radius 2 is 0.532 bits per heavy atom. The zero-order valence-corrected chi connectivity index (χ0v) is 42.3. The maximum atomic E-state index is 12.8. The van der Waals surface area contributed by atoms with Gasteiger partial charge >= 0.3 is 17.9 Å². The van der Waals surface area contributed by atoms with E-state index in [4.69, 9.17) is 14.2 Å². The molecule has 0 heterocycles. The fourth-order valence-electron chi connectivity index (χ4n) is 8.57. The number of rotatable bonds is 51. The van der Waals surface area contributed by atoms with Crippen molar-refractivity contribution in [3.8, 4) is 0 Å². The van der Waals surface area contributed by atoms with Gasteiger partial charge in [0.2, 0.25) is 0 Å². The number of unbranched alkanes of at least 4 members (excludes halogenated alkanes) is 38. The van der Waals surface area contributed by atoms with Crippen LogP contribution in [0.2, 0.25) is 0 Å². The zero-order chi connectivity index (χ0) is 45.2. The van der Waals surface area contributed by atoms with E-state index in [2.05, 4.69) is 27.7 Å². The molecule has 368 valence electrons. The van der Waals surface area contributed by atoms with Crippen LogP contribution in [0, 0.1) is 5.92 Å². The largest absolute Gasteiger partial charge is 0.462 e. The Labute approximate surface area is 387 Å². The van der Waals surface area contributed by atoms with E-state index in [1.165, 1.54) is 212 Å². The van der Waals surface area contributed by atoms with Crippen LogP contribution in [0.4, 0.5) is 0 Å². The summed E-state index contributed by atoms with van der Waals surface area (Å²) in [5.74, 6) is 0.000588. The van der Waals surface area contributed by atoms with Crippen molar-refractivity contribution in [3.05, 3.63) is 0 Å². The Kier molecular flexibility index (Phi) is 49.1. The minimum absolute atomic E-state index is 0.0620. The summed E-state index contributed by atoms with van der Waals surface area (Å²) in [6.07, 6.45) is 53.7. The normalized spacial score (nSPS) is 12.0. The van der Waals surface area contributed by atoms with Gasteiger partial charge in [-0.25, -0.2) is 0 Å². The van der Waals surface area contributed by atoms with E-state index in [0.29, 0.717) is 19.3 Å². The predicted octanol–water partition coefficient (Wildman–Crippen LogP) is 18.2. The molecule has 0 aliphatic heterocycles. The number of carbonyl (C=O) groups excluding carboxylic acids is 3. The molecule has 0 aromatic rings. The highest BCUT2D eigenvalue weighted by Gasteiger charge is 2.19. The third kappa shape index (κ3) is 49.4. The van der Waals surface area contributed by atoms with Crippen LogP contribution in [0.15, 0.2) is 0 Å². The second-order valence-corrected chi connectivity index (χ2v) is 19.7. The number of hydrogen-bond donors (Lipinski definition) is 0. The van der Waals surface area contributed by atoms with Gasteiger partial charge in [0.25, 0.3) is 0 Å². The van der Waals surface area contributed by atoms with E-state index in [1.54, 1.807) is 0 Å². The van der Waals surface area contributed by atoms with Gasteiger partial charge in [-0.15, -0.1) is 0 Å². The van der Waals surface area contributed by atoms with Crippen LogP contribution < -0.4 is 0 Å². The Balaban J connectivity index is 4.30. The van der Waals surface area contributed by atoms with E-state index < -0.39 is 6.10 Å². The second-order valence-electron chi connectivity index (χ2n) is 19.7. The summed E-state index contributed by atoms with van der Waals surface area (Å²) < 4.78 is 16.9. The van der Waals surface area contributed by atoms with Gasteiger partial charge in [0, 0.05) is 19.3 Å². The molecular weight excluding hydrogens is 769 g/mol. The van der Waals surface area contributed by atoms with Crippen molar-refractivity contribution in [3.63, 3.8) is 0 Å². The van der Waals surface area contributed by atoms with Gasteiger partial charge in [0.05, 0.1) is 0 Å².